The van der Waals surface area contributed by atoms with Crippen LogP contribution in [-0.2, 0) is 6.54 Å². The summed E-state index contributed by atoms with van der Waals surface area (Å²) in [5, 5.41) is 11.5. The standard InChI is InChI=1S/C16H23N3O/c1-11(2)12-6-8-13(9-7-12)15-19-18-14(20-15)10-17-16(3,4)5/h6-9,11,17H,10H2,1-5H3. The van der Waals surface area contributed by atoms with E-state index in [4.69, 9.17) is 4.42 Å². The highest BCUT2D eigenvalue weighted by molar-refractivity contribution is 5.53. The van der Waals surface area contributed by atoms with E-state index in [9.17, 15) is 0 Å². The Morgan fingerprint density at radius 1 is 1.10 bits per heavy atom. The van der Waals surface area contributed by atoms with Gasteiger partial charge in [-0.25, -0.2) is 0 Å². The first-order chi connectivity index (χ1) is 9.35. The lowest BCUT2D eigenvalue weighted by Gasteiger charge is -2.18. The van der Waals surface area contributed by atoms with Crippen LogP contribution in [0.3, 0.4) is 0 Å². The van der Waals surface area contributed by atoms with Crippen LogP contribution in [0.1, 0.15) is 52.0 Å². The fraction of sp³-hybridized carbons (Fsp3) is 0.500. The predicted octanol–water partition coefficient (Wildman–Crippen LogP) is 3.75. The van der Waals surface area contributed by atoms with Gasteiger partial charge < -0.3 is 9.73 Å². The van der Waals surface area contributed by atoms with Crippen LogP contribution in [0.5, 0.6) is 0 Å². The molecule has 1 aromatic heterocycles. The molecule has 0 saturated carbocycles. The Morgan fingerprint density at radius 2 is 1.75 bits per heavy atom. The van der Waals surface area contributed by atoms with Gasteiger partial charge in [0.15, 0.2) is 0 Å². The van der Waals surface area contributed by atoms with Crippen molar-refractivity contribution >= 4 is 0 Å². The molecule has 0 spiro atoms. The number of nitrogens with zero attached hydrogens (tertiary/aromatic N) is 2. The Morgan fingerprint density at radius 3 is 2.30 bits per heavy atom. The fourth-order valence-electron chi connectivity index (χ4n) is 1.79. The lowest BCUT2D eigenvalue weighted by molar-refractivity contribution is 0.383. The molecule has 1 N–H and O–H groups in total. The lowest BCUT2D eigenvalue weighted by atomic mass is 10.0. The molecule has 0 amide bonds. The van der Waals surface area contributed by atoms with Gasteiger partial charge >= 0.3 is 0 Å². The Balaban J connectivity index is 2.08. The minimum Gasteiger partial charge on any atom is -0.419 e. The number of benzene rings is 1. The van der Waals surface area contributed by atoms with Crippen LogP contribution >= 0.6 is 0 Å². The number of aromatic nitrogens is 2. The molecule has 4 heteroatoms. The molecule has 1 heterocycles. The maximum atomic E-state index is 5.68. The normalized spacial score (nSPS) is 12.1. The molecule has 0 radical (unpaired) electrons. The summed E-state index contributed by atoms with van der Waals surface area (Å²) in [4.78, 5) is 0. The van der Waals surface area contributed by atoms with Gasteiger partial charge in [-0.1, -0.05) is 26.0 Å². The van der Waals surface area contributed by atoms with Crippen molar-refractivity contribution in [3.8, 4) is 11.5 Å². The summed E-state index contributed by atoms with van der Waals surface area (Å²) in [5.41, 5.74) is 2.31. The van der Waals surface area contributed by atoms with E-state index in [2.05, 4.69) is 62.3 Å². The van der Waals surface area contributed by atoms with Gasteiger partial charge in [0.2, 0.25) is 11.8 Å². The molecule has 0 aliphatic carbocycles. The Bertz CT molecular complexity index is 550. The lowest BCUT2D eigenvalue weighted by Crippen LogP contribution is -2.35. The maximum absolute atomic E-state index is 5.68. The molecule has 2 rings (SSSR count). The molecule has 0 aliphatic heterocycles. The molecule has 0 bridgehead atoms. The largest absolute Gasteiger partial charge is 0.419 e. The van der Waals surface area contributed by atoms with E-state index in [0.29, 0.717) is 24.2 Å². The number of hydrogen-bond acceptors (Lipinski definition) is 4. The van der Waals surface area contributed by atoms with E-state index < -0.39 is 0 Å². The van der Waals surface area contributed by atoms with Crippen molar-refractivity contribution in [2.75, 3.05) is 0 Å². The van der Waals surface area contributed by atoms with Crippen molar-refractivity contribution in [3.63, 3.8) is 0 Å². The zero-order valence-corrected chi connectivity index (χ0v) is 12.9. The van der Waals surface area contributed by atoms with Crippen LogP contribution in [-0.4, -0.2) is 15.7 Å². The van der Waals surface area contributed by atoms with Crippen LogP contribution in [0.2, 0.25) is 0 Å². The number of hydrogen-bond donors (Lipinski definition) is 1. The molecule has 20 heavy (non-hydrogen) atoms. The van der Waals surface area contributed by atoms with Crippen molar-refractivity contribution in [1.29, 1.82) is 0 Å². The molecule has 0 aliphatic rings. The molecule has 2 aromatic rings. The van der Waals surface area contributed by atoms with Crippen molar-refractivity contribution in [3.05, 3.63) is 35.7 Å². The second-order valence-electron chi connectivity index (χ2n) is 6.38. The van der Waals surface area contributed by atoms with E-state index >= 15 is 0 Å². The summed E-state index contributed by atoms with van der Waals surface area (Å²) in [6, 6.07) is 8.28. The monoisotopic (exact) mass is 273 g/mol. The summed E-state index contributed by atoms with van der Waals surface area (Å²) < 4.78 is 5.68. The highest BCUT2D eigenvalue weighted by atomic mass is 16.4. The number of nitrogens with one attached hydrogen (secondary N) is 1. The minimum absolute atomic E-state index is 0.0353. The van der Waals surface area contributed by atoms with E-state index in [-0.39, 0.29) is 5.54 Å². The summed E-state index contributed by atoms with van der Waals surface area (Å²) in [6.45, 7) is 11.3. The van der Waals surface area contributed by atoms with E-state index in [1.165, 1.54) is 5.56 Å². The van der Waals surface area contributed by atoms with Gasteiger partial charge in [-0.3, -0.25) is 0 Å². The fourth-order valence-corrected chi connectivity index (χ4v) is 1.79. The van der Waals surface area contributed by atoms with Gasteiger partial charge in [0, 0.05) is 11.1 Å². The second-order valence-corrected chi connectivity index (χ2v) is 6.38. The van der Waals surface area contributed by atoms with Crippen LogP contribution in [0, 0.1) is 0 Å². The molecule has 108 valence electrons. The third-order valence-electron chi connectivity index (χ3n) is 3.06. The summed E-state index contributed by atoms with van der Waals surface area (Å²) >= 11 is 0. The predicted molar refractivity (Wildman–Crippen MR) is 80.4 cm³/mol. The second kappa shape index (κ2) is 5.75. The van der Waals surface area contributed by atoms with Crippen molar-refractivity contribution < 1.29 is 4.42 Å². The van der Waals surface area contributed by atoms with Crippen LogP contribution in [0.4, 0.5) is 0 Å². The van der Waals surface area contributed by atoms with Crippen molar-refractivity contribution in [1.82, 2.24) is 15.5 Å². The molecule has 0 fully saturated rings. The maximum Gasteiger partial charge on any atom is 0.247 e. The Kier molecular flexibility index (Phi) is 4.23. The highest BCUT2D eigenvalue weighted by Crippen LogP contribution is 2.21. The van der Waals surface area contributed by atoms with E-state index in [0.717, 1.165) is 5.56 Å². The topological polar surface area (TPSA) is 51.0 Å². The first kappa shape index (κ1) is 14.7. The zero-order chi connectivity index (χ0) is 14.8. The van der Waals surface area contributed by atoms with Crippen LogP contribution in [0.25, 0.3) is 11.5 Å². The molecule has 0 atom stereocenters. The smallest absolute Gasteiger partial charge is 0.247 e. The van der Waals surface area contributed by atoms with Gasteiger partial charge in [0.1, 0.15) is 0 Å². The summed E-state index contributed by atoms with van der Waals surface area (Å²) in [5.74, 6) is 1.71. The van der Waals surface area contributed by atoms with Crippen molar-refractivity contribution in [2.45, 2.75) is 52.6 Å². The van der Waals surface area contributed by atoms with Gasteiger partial charge in [0.25, 0.3) is 0 Å². The van der Waals surface area contributed by atoms with E-state index in [1.807, 2.05) is 12.1 Å². The molecule has 4 nitrogen and oxygen atoms in total. The Labute approximate surface area is 120 Å². The molecule has 1 aromatic carbocycles. The minimum atomic E-state index is 0.0353. The molecule has 0 saturated heterocycles. The first-order valence-electron chi connectivity index (χ1n) is 7.03. The third-order valence-corrected chi connectivity index (χ3v) is 3.06. The summed E-state index contributed by atoms with van der Waals surface area (Å²) in [7, 11) is 0. The quantitative estimate of drug-likeness (QED) is 0.921. The third kappa shape index (κ3) is 3.90. The average Bonchev–Trinajstić information content (AvgIpc) is 2.84. The summed E-state index contributed by atoms with van der Waals surface area (Å²) in [6.07, 6.45) is 0. The van der Waals surface area contributed by atoms with Gasteiger partial charge in [-0.15, -0.1) is 10.2 Å². The first-order valence-corrected chi connectivity index (χ1v) is 7.03. The van der Waals surface area contributed by atoms with Gasteiger partial charge in [0.05, 0.1) is 6.54 Å². The van der Waals surface area contributed by atoms with Gasteiger partial charge in [-0.2, -0.15) is 0 Å². The molecular formula is C16H23N3O. The van der Waals surface area contributed by atoms with Gasteiger partial charge in [-0.05, 0) is 44.4 Å². The van der Waals surface area contributed by atoms with E-state index in [1.54, 1.807) is 0 Å². The average molecular weight is 273 g/mol. The molecule has 0 unspecified atom stereocenters. The Hall–Kier alpha value is -1.68. The highest BCUT2D eigenvalue weighted by Gasteiger charge is 2.13. The SMILES string of the molecule is CC(C)c1ccc(-c2nnc(CNC(C)(C)C)o2)cc1. The van der Waals surface area contributed by atoms with Crippen LogP contribution in [0.15, 0.2) is 28.7 Å². The van der Waals surface area contributed by atoms with Crippen LogP contribution < -0.4 is 5.32 Å². The molecular weight excluding hydrogens is 250 g/mol. The van der Waals surface area contributed by atoms with Crippen molar-refractivity contribution in [2.24, 2.45) is 0 Å². The number of rotatable bonds is 4. The zero-order valence-electron chi connectivity index (χ0n) is 12.9.